The summed E-state index contributed by atoms with van der Waals surface area (Å²) < 4.78 is 7.83. The Morgan fingerprint density at radius 1 is 1.50 bits per heavy atom. The predicted molar refractivity (Wildman–Crippen MR) is 24.1 cm³/mol. The number of rotatable bonds is 0. The van der Waals surface area contributed by atoms with E-state index in [1.807, 2.05) is 0 Å². The van der Waals surface area contributed by atoms with Gasteiger partial charge in [0.2, 0.25) is 0 Å². The molecule has 0 saturated heterocycles. The molecule has 0 aliphatic carbocycles. The fourth-order valence-corrected chi connectivity index (χ4v) is 0. The SMILES string of the molecule is O=S.[Ca+2].[H-].[H-].[H-].[H-].[Mg+2]. The van der Waals surface area contributed by atoms with Gasteiger partial charge in [0.1, 0.15) is 0 Å². The van der Waals surface area contributed by atoms with Gasteiger partial charge in [-0.3, -0.25) is 0 Å². The molecule has 0 aromatic carbocycles. The zero-order chi connectivity index (χ0) is 2.00. The molecule has 1 nitrogen and oxygen atoms in total. The van der Waals surface area contributed by atoms with Gasteiger partial charge in [-0.2, -0.15) is 4.21 Å². The average molecular weight is 116 g/mol. The molecule has 0 atom stereocenters. The summed E-state index contributed by atoms with van der Waals surface area (Å²) >= 11 is 2.83. The molecule has 20 valence electrons. The predicted octanol–water partition coefficient (Wildman–Crippen LogP) is -0.648. The zero-order valence-corrected chi connectivity index (χ0v) is 6.67. The molecule has 0 spiro atoms. The van der Waals surface area contributed by atoms with Gasteiger partial charge < -0.3 is 5.71 Å². The van der Waals surface area contributed by atoms with Gasteiger partial charge in [0.05, 0.1) is 0 Å². The van der Waals surface area contributed by atoms with Crippen molar-refractivity contribution in [3.63, 3.8) is 0 Å². The van der Waals surface area contributed by atoms with E-state index in [2.05, 4.69) is 12.5 Å². The maximum atomic E-state index is 7.83. The summed E-state index contributed by atoms with van der Waals surface area (Å²) in [4.78, 5) is 0. The molecule has 0 heterocycles. The van der Waals surface area contributed by atoms with E-state index in [1.54, 1.807) is 0 Å². The second-order valence-electron chi connectivity index (χ2n) is 0. The Kier molecular flexibility index (Phi) is 81.9. The Morgan fingerprint density at radius 3 is 1.50 bits per heavy atom. The van der Waals surface area contributed by atoms with Crippen molar-refractivity contribution < 1.29 is 9.92 Å². The molecule has 0 rings (SSSR count). The molecule has 0 radical (unpaired) electrons. The van der Waals surface area contributed by atoms with E-state index < -0.39 is 0 Å². The van der Waals surface area contributed by atoms with Gasteiger partial charge in [-0.15, -0.1) is 0 Å². The Bertz CT molecular complexity index is 16.0. The summed E-state index contributed by atoms with van der Waals surface area (Å²) in [5, 5.41) is 0. The first-order chi connectivity index (χ1) is 1.00. The summed E-state index contributed by atoms with van der Waals surface area (Å²) in [5.41, 5.74) is 0. The minimum absolute atomic E-state index is 0. The van der Waals surface area contributed by atoms with Crippen molar-refractivity contribution in [2.45, 2.75) is 0 Å². The molecular formula is H4CaMgOS. The molecule has 0 bridgehead atoms. The van der Waals surface area contributed by atoms with Gasteiger partial charge in [0.15, 0.2) is 12.5 Å². The van der Waals surface area contributed by atoms with Crippen LogP contribution in [-0.2, 0) is 12.5 Å². The van der Waals surface area contributed by atoms with E-state index in [9.17, 15) is 0 Å². The van der Waals surface area contributed by atoms with Crippen LogP contribution in [0, 0.1) is 0 Å². The van der Waals surface area contributed by atoms with Crippen LogP contribution in [0.4, 0.5) is 0 Å². The molecular weight excluding hydrogens is 112 g/mol. The van der Waals surface area contributed by atoms with Crippen LogP contribution in [0.5, 0.6) is 0 Å². The molecule has 0 aromatic heterocycles. The van der Waals surface area contributed by atoms with Gasteiger partial charge in [-0.25, -0.2) is 0 Å². The van der Waals surface area contributed by atoms with Crippen LogP contribution in [0.3, 0.4) is 0 Å². The van der Waals surface area contributed by atoms with E-state index in [-0.39, 0.29) is 66.5 Å². The summed E-state index contributed by atoms with van der Waals surface area (Å²) in [6, 6.07) is 0. The molecule has 0 fully saturated rings. The topological polar surface area (TPSA) is 17.1 Å². The van der Waals surface area contributed by atoms with Crippen molar-refractivity contribution in [3.8, 4) is 0 Å². The van der Waals surface area contributed by atoms with Gasteiger partial charge in [-0.05, 0) is 0 Å². The molecule has 0 N–H and O–H groups in total. The molecule has 0 aliphatic rings. The first-order valence-corrected chi connectivity index (χ1v) is 0.500. The monoisotopic (exact) mass is 116 g/mol. The van der Waals surface area contributed by atoms with Crippen LogP contribution in [0.1, 0.15) is 5.71 Å². The third-order valence-corrected chi connectivity index (χ3v) is 0. The van der Waals surface area contributed by atoms with Crippen molar-refractivity contribution in [1.29, 1.82) is 0 Å². The van der Waals surface area contributed by atoms with Crippen LogP contribution >= 0.6 is 0 Å². The van der Waals surface area contributed by atoms with E-state index in [1.165, 1.54) is 0 Å². The Balaban J connectivity index is -0.000000000333. The first-order valence-electron chi connectivity index (χ1n) is 0.167. The minimum Gasteiger partial charge on any atom is -1.00 e. The molecule has 0 amide bonds. The van der Waals surface area contributed by atoms with E-state index in [0.717, 1.165) is 0 Å². The van der Waals surface area contributed by atoms with Crippen LogP contribution in [0.25, 0.3) is 0 Å². The fraction of sp³-hybridized carbons (Fsp3) is 0. The van der Waals surface area contributed by atoms with Crippen LogP contribution in [0.2, 0.25) is 0 Å². The molecule has 4 heavy (non-hydrogen) atoms. The summed E-state index contributed by atoms with van der Waals surface area (Å²) in [6.07, 6.45) is 0. The molecule has 0 unspecified atom stereocenters. The Hall–Kier alpha value is 2.05. The van der Waals surface area contributed by atoms with Gasteiger partial charge in [0.25, 0.3) is 0 Å². The third-order valence-electron chi connectivity index (χ3n) is 0. The van der Waals surface area contributed by atoms with Crippen molar-refractivity contribution in [3.05, 3.63) is 0 Å². The minimum atomic E-state index is 0. The van der Waals surface area contributed by atoms with Gasteiger partial charge in [-0.1, -0.05) is 0 Å². The molecule has 0 saturated carbocycles. The molecule has 4 heteroatoms. The van der Waals surface area contributed by atoms with E-state index in [4.69, 9.17) is 4.21 Å². The quantitative estimate of drug-likeness (QED) is 0.392. The normalized spacial score (nSPS) is 1.00. The average Bonchev–Trinajstić information content (AvgIpc) is 1.00. The van der Waals surface area contributed by atoms with Crippen LogP contribution in [0.15, 0.2) is 0 Å². The van der Waals surface area contributed by atoms with Crippen molar-refractivity contribution >= 4 is 73.3 Å². The summed E-state index contributed by atoms with van der Waals surface area (Å²) in [5.74, 6) is 0. The van der Waals surface area contributed by atoms with Crippen molar-refractivity contribution in [1.82, 2.24) is 0 Å². The van der Waals surface area contributed by atoms with Crippen LogP contribution in [-0.4, -0.2) is 65.0 Å². The largest absolute Gasteiger partial charge is 2.00 e. The van der Waals surface area contributed by atoms with Crippen LogP contribution < -0.4 is 0 Å². The summed E-state index contributed by atoms with van der Waals surface area (Å²) in [7, 11) is 0. The Morgan fingerprint density at radius 2 is 1.50 bits per heavy atom. The third kappa shape index (κ3) is 8.97. The number of hydrogen-bond donors (Lipinski definition) is 0. The fourth-order valence-electron chi connectivity index (χ4n) is 0. The maximum Gasteiger partial charge on any atom is 2.00 e. The standard InChI is InChI=1S/Ca.Mg.OS.4H/c;;1-2;;;;/q2*+2;;4*-1. The van der Waals surface area contributed by atoms with E-state index in [0.29, 0.717) is 0 Å². The molecule has 0 aromatic rings. The number of hydrogen-bond acceptors (Lipinski definition) is 2. The Labute approximate surface area is 82.1 Å². The van der Waals surface area contributed by atoms with Gasteiger partial charge >= 0.3 is 60.8 Å². The second kappa shape index (κ2) is 19.7. The zero-order valence-electron chi connectivity index (χ0n) is 6.23. The smallest absolute Gasteiger partial charge is 1.00 e. The van der Waals surface area contributed by atoms with Crippen molar-refractivity contribution in [2.24, 2.45) is 0 Å². The van der Waals surface area contributed by atoms with Gasteiger partial charge in [0, 0.05) is 0 Å². The molecule has 0 aliphatic heterocycles. The summed E-state index contributed by atoms with van der Waals surface area (Å²) in [6.45, 7) is 0. The van der Waals surface area contributed by atoms with Crippen molar-refractivity contribution in [2.75, 3.05) is 0 Å². The first kappa shape index (κ1) is 16.6. The second-order valence-corrected chi connectivity index (χ2v) is 0. The maximum absolute atomic E-state index is 7.83. The van der Waals surface area contributed by atoms with E-state index >= 15 is 0 Å².